The molecule has 0 heterocycles. The highest BCUT2D eigenvalue weighted by Crippen LogP contribution is 2.24. The molecule has 2 aromatic carbocycles. The summed E-state index contributed by atoms with van der Waals surface area (Å²) in [4.78, 5) is 24.4. The molecule has 2 aromatic rings. The fourth-order valence-corrected chi connectivity index (χ4v) is 2.67. The maximum Gasteiger partial charge on any atom is 0.227 e. The molecule has 1 atom stereocenters. The Morgan fingerprint density at radius 2 is 1.86 bits per heavy atom. The van der Waals surface area contributed by atoms with E-state index in [2.05, 4.69) is 10.6 Å². The molecule has 28 heavy (non-hydrogen) atoms. The van der Waals surface area contributed by atoms with E-state index >= 15 is 0 Å². The van der Waals surface area contributed by atoms with Crippen LogP contribution in [0.1, 0.15) is 31.4 Å². The van der Waals surface area contributed by atoms with Crippen LogP contribution >= 0.6 is 0 Å². The molecule has 0 radical (unpaired) electrons. The number of nitrogens with one attached hydrogen (secondary N) is 2. The van der Waals surface area contributed by atoms with Crippen LogP contribution in [-0.4, -0.2) is 26.0 Å². The molecule has 0 saturated heterocycles. The van der Waals surface area contributed by atoms with Crippen molar-refractivity contribution in [2.45, 2.75) is 33.2 Å². The van der Waals surface area contributed by atoms with Crippen molar-refractivity contribution in [3.63, 3.8) is 0 Å². The van der Waals surface area contributed by atoms with Gasteiger partial charge in [0.05, 0.1) is 20.6 Å². The maximum atomic E-state index is 12.4. The predicted octanol–water partition coefficient (Wildman–Crippen LogP) is 3.55. The number of hydrogen-bond donors (Lipinski definition) is 2. The lowest BCUT2D eigenvalue weighted by molar-refractivity contribution is -0.121. The highest BCUT2D eigenvalue weighted by Gasteiger charge is 2.12. The Kier molecular flexibility index (Phi) is 7.87. The van der Waals surface area contributed by atoms with Gasteiger partial charge in [0.25, 0.3) is 0 Å². The SMILES string of the molecule is CCC(C)C(=O)Nc1cccc(CNC(=O)Cc2cc(OC)ccc2OC)c1. The van der Waals surface area contributed by atoms with Crippen molar-refractivity contribution in [2.24, 2.45) is 5.92 Å². The van der Waals surface area contributed by atoms with Crippen LogP contribution < -0.4 is 20.1 Å². The fourth-order valence-electron chi connectivity index (χ4n) is 2.67. The number of amides is 2. The molecule has 6 heteroatoms. The molecule has 0 aliphatic carbocycles. The van der Waals surface area contributed by atoms with Crippen molar-refractivity contribution in [1.82, 2.24) is 5.32 Å². The number of carbonyl (C=O) groups excluding carboxylic acids is 2. The van der Waals surface area contributed by atoms with Gasteiger partial charge in [-0.25, -0.2) is 0 Å². The standard InChI is InChI=1S/C22H28N2O4/c1-5-15(2)22(26)24-18-8-6-7-16(11-18)14-23-21(25)13-17-12-19(27-3)9-10-20(17)28-4/h6-12,15H,5,13-14H2,1-4H3,(H,23,25)(H,24,26). The van der Waals surface area contributed by atoms with Gasteiger partial charge in [0.2, 0.25) is 11.8 Å². The minimum absolute atomic E-state index is 0.00574. The summed E-state index contributed by atoms with van der Waals surface area (Å²) in [6.45, 7) is 4.25. The van der Waals surface area contributed by atoms with Gasteiger partial charge in [0, 0.05) is 23.7 Å². The maximum absolute atomic E-state index is 12.4. The Hall–Kier alpha value is -3.02. The second-order valence-corrected chi connectivity index (χ2v) is 6.63. The molecule has 150 valence electrons. The van der Waals surface area contributed by atoms with Crippen molar-refractivity contribution < 1.29 is 19.1 Å². The van der Waals surface area contributed by atoms with E-state index in [0.717, 1.165) is 23.2 Å². The number of anilines is 1. The Labute approximate surface area is 166 Å². The third-order valence-electron chi connectivity index (χ3n) is 4.58. The predicted molar refractivity (Wildman–Crippen MR) is 110 cm³/mol. The van der Waals surface area contributed by atoms with Crippen LogP contribution in [0.15, 0.2) is 42.5 Å². The normalized spacial score (nSPS) is 11.4. The van der Waals surface area contributed by atoms with E-state index in [-0.39, 0.29) is 24.2 Å². The molecule has 0 saturated carbocycles. The Balaban J connectivity index is 1.96. The van der Waals surface area contributed by atoms with Gasteiger partial charge in [-0.1, -0.05) is 26.0 Å². The first kappa shape index (κ1) is 21.3. The van der Waals surface area contributed by atoms with Crippen LogP contribution in [0.25, 0.3) is 0 Å². The zero-order valence-corrected chi connectivity index (χ0v) is 16.9. The molecule has 2 amide bonds. The summed E-state index contributed by atoms with van der Waals surface area (Å²) in [5, 5.41) is 5.81. The lowest BCUT2D eigenvalue weighted by Gasteiger charge is -2.12. The minimum Gasteiger partial charge on any atom is -0.497 e. The summed E-state index contributed by atoms with van der Waals surface area (Å²) in [7, 11) is 3.15. The van der Waals surface area contributed by atoms with Gasteiger partial charge in [-0.15, -0.1) is 0 Å². The van der Waals surface area contributed by atoms with E-state index in [1.165, 1.54) is 0 Å². The van der Waals surface area contributed by atoms with E-state index in [1.54, 1.807) is 32.4 Å². The fraction of sp³-hybridized carbons (Fsp3) is 0.364. The molecule has 1 unspecified atom stereocenters. The smallest absolute Gasteiger partial charge is 0.227 e. The molecule has 0 fully saturated rings. The van der Waals surface area contributed by atoms with Gasteiger partial charge in [-0.2, -0.15) is 0 Å². The number of methoxy groups -OCH3 is 2. The average Bonchev–Trinajstić information content (AvgIpc) is 2.71. The van der Waals surface area contributed by atoms with Crippen LogP contribution in [0.5, 0.6) is 11.5 Å². The summed E-state index contributed by atoms with van der Waals surface area (Å²) in [5.41, 5.74) is 2.40. The van der Waals surface area contributed by atoms with E-state index in [0.29, 0.717) is 18.0 Å². The molecule has 0 aromatic heterocycles. The topological polar surface area (TPSA) is 76.7 Å². The highest BCUT2D eigenvalue weighted by atomic mass is 16.5. The number of rotatable bonds is 9. The van der Waals surface area contributed by atoms with Gasteiger partial charge >= 0.3 is 0 Å². The van der Waals surface area contributed by atoms with E-state index in [4.69, 9.17) is 9.47 Å². The van der Waals surface area contributed by atoms with Gasteiger partial charge < -0.3 is 20.1 Å². The van der Waals surface area contributed by atoms with E-state index in [1.807, 2.05) is 38.1 Å². The number of benzene rings is 2. The first-order valence-corrected chi connectivity index (χ1v) is 9.34. The molecule has 0 aliphatic rings. The third kappa shape index (κ3) is 6.01. The van der Waals surface area contributed by atoms with Crippen molar-refractivity contribution in [1.29, 1.82) is 0 Å². The van der Waals surface area contributed by atoms with Crippen molar-refractivity contribution in [2.75, 3.05) is 19.5 Å². The lowest BCUT2D eigenvalue weighted by Crippen LogP contribution is -2.25. The van der Waals surface area contributed by atoms with E-state index < -0.39 is 0 Å². The van der Waals surface area contributed by atoms with Gasteiger partial charge in [0.1, 0.15) is 11.5 Å². The molecular weight excluding hydrogens is 356 g/mol. The van der Waals surface area contributed by atoms with Gasteiger partial charge in [-0.05, 0) is 42.3 Å². The second-order valence-electron chi connectivity index (χ2n) is 6.63. The zero-order chi connectivity index (χ0) is 20.5. The molecule has 6 nitrogen and oxygen atoms in total. The largest absolute Gasteiger partial charge is 0.497 e. The molecule has 0 bridgehead atoms. The zero-order valence-electron chi connectivity index (χ0n) is 16.9. The summed E-state index contributed by atoms with van der Waals surface area (Å²) < 4.78 is 10.5. The quantitative estimate of drug-likeness (QED) is 0.693. The number of hydrogen-bond acceptors (Lipinski definition) is 4. The van der Waals surface area contributed by atoms with Crippen molar-refractivity contribution in [3.05, 3.63) is 53.6 Å². The van der Waals surface area contributed by atoms with Crippen LogP contribution in [0.4, 0.5) is 5.69 Å². The molecule has 2 rings (SSSR count). The summed E-state index contributed by atoms with van der Waals surface area (Å²) in [5.74, 6) is 1.15. The molecule has 0 aliphatic heterocycles. The first-order valence-electron chi connectivity index (χ1n) is 9.34. The van der Waals surface area contributed by atoms with Crippen molar-refractivity contribution in [3.8, 4) is 11.5 Å². The van der Waals surface area contributed by atoms with Crippen molar-refractivity contribution >= 4 is 17.5 Å². The second kappa shape index (κ2) is 10.3. The first-order chi connectivity index (χ1) is 13.5. The monoisotopic (exact) mass is 384 g/mol. The average molecular weight is 384 g/mol. The van der Waals surface area contributed by atoms with Crippen LogP contribution in [-0.2, 0) is 22.6 Å². The lowest BCUT2D eigenvalue weighted by atomic mass is 10.1. The van der Waals surface area contributed by atoms with E-state index in [9.17, 15) is 9.59 Å². The van der Waals surface area contributed by atoms with Gasteiger partial charge in [-0.3, -0.25) is 9.59 Å². The third-order valence-corrected chi connectivity index (χ3v) is 4.58. The Morgan fingerprint density at radius 1 is 1.07 bits per heavy atom. The molecular formula is C22H28N2O4. The number of carbonyl (C=O) groups is 2. The minimum atomic E-state index is -0.124. The molecule has 0 spiro atoms. The Morgan fingerprint density at radius 3 is 2.54 bits per heavy atom. The van der Waals surface area contributed by atoms with Crippen LogP contribution in [0, 0.1) is 5.92 Å². The molecule has 2 N–H and O–H groups in total. The summed E-state index contributed by atoms with van der Waals surface area (Å²) in [6, 6.07) is 12.8. The van der Waals surface area contributed by atoms with Gasteiger partial charge in [0.15, 0.2) is 0 Å². The summed E-state index contributed by atoms with van der Waals surface area (Å²) >= 11 is 0. The Bertz CT molecular complexity index is 820. The van der Waals surface area contributed by atoms with Crippen LogP contribution in [0.2, 0.25) is 0 Å². The van der Waals surface area contributed by atoms with Crippen LogP contribution in [0.3, 0.4) is 0 Å². The summed E-state index contributed by atoms with van der Waals surface area (Å²) in [6.07, 6.45) is 0.972. The highest BCUT2D eigenvalue weighted by molar-refractivity contribution is 5.92. The number of ether oxygens (including phenoxy) is 2.